The van der Waals surface area contributed by atoms with E-state index in [9.17, 15) is 9.59 Å². The maximum atomic E-state index is 11.6. The van der Waals surface area contributed by atoms with Crippen molar-refractivity contribution in [1.29, 1.82) is 0 Å². The molecule has 0 saturated heterocycles. The van der Waals surface area contributed by atoms with E-state index in [1.807, 2.05) is 6.92 Å². The predicted molar refractivity (Wildman–Crippen MR) is 79.4 cm³/mol. The van der Waals surface area contributed by atoms with E-state index in [0.717, 1.165) is 44.9 Å². The lowest BCUT2D eigenvalue weighted by molar-refractivity contribution is -0.148. The van der Waals surface area contributed by atoms with Crippen LogP contribution in [-0.4, -0.2) is 25.2 Å². The van der Waals surface area contributed by atoms with Gasteiger partial charge in [-0.1, -0.05) is 40.0 Å². The lowest BCUT2D eigenvalue weighted by atomic mass is 10.0. The zero-order valence-corrected chi connectivity index (χ0v) is 13.3. The van der Waals surface area contributed by atoms with Gasteiger partial charge in [-0.3, -0.25) is 9.59 Å². The summed E-state index contributed by atoms with van der Waals surface area (Å²) < 4.78 is 10.2. The van der Waals surface area contributed by atoms with Crippen LogP contribution in [-0.2, 0) is 19.1 Å². The minimum Gasteiger partial charge on any atom is -0.466 e. The lowest BCUT2D eigenvalue weighted by Gasteiger charge is -2.11. The Hall–Kier alpha value is -1.06. The Morgan fingerprint density at radius 1 is 0.900 bits per heavy atom. The highest BCUT2D eigenvalue weighted by Gasteiger charge is 2.14. The molecule has 0 fully saturated rings. The number of esters is 2. The van der Waals surface area contributed by atoms with Gasteiger partial charge in [0.15, 0.2) is 0 Å². The van der Waals surface area contributed by atoms with Gasteiger partial charge in [0.25, 0.3) is 0 Å². The van der Waals surface area contributed by atoms with Crippen LogP contribution in [0.25, 0.3) is 0 Å². The van der Waals surface area contributed by atoms with E-state index in [2.05, 4.69) is 13.8 Å². The largest absolute Gasteiger partial charge is 0.466 e. The maximum absolute atomic E-state index is 11.6. The van der Waals surface area contributed by atoms with Crippen LogP contribution in [0, 0.1) is 5.92 Å². The smallest absolute Gasteiger partial charge is 0.308 e. The minimum atomic E-state index is -0.128. The first-order chi connectivity index (χ1) is 9.61. The molecule has 0 aliphatic carbocycles. The molecule has 0 rings (SSSR count). The van der Waals surface area contributed by atoms with E-state index in [0.29, 0.717) is 19.6 Å². The highest BCUT2D eigenvalue weighted by atomic mass is 16.5. The Labute approximate surface area is 123 Å². The summed E-state index contributed by atoms with van der Waals surface area (Å²) in [6, 6.07) is 0. The first-order valence-electron chi connectivity index (χ1n) is 7.94. The zero-order chi connectivity index (χ0) is 15.2. The summed E-state index contributed by atoms with van der Waals surface area (Å²) in [5.74, 6) is -0.330. The zero-order valence-electron chi connectivity index (χ0n) is 13.3. The molecule has 0 radical (unpaired) electrons. The van der Waals surface area contributed by atoms with E-state index in [1.54, 1.807) is 0 Å². The quantitative estimate of drug-likeness (QED) is 0.404. The Morgan fingerprint density at radius 3 is 2.10 bits per heavy atom. The Bertz CT molecular complexity index is 263. The van der Waals surface area contributed by atoms with Crippen LogP contribution in [0.2, 0.25) is 0 Å². The fourth-order valence-electron chi connectivity index (χ4n) is 1.70. The van der Waals surface area contributed by atoms with Gasteiger partial charge in [-0.05, 0) is 25.7 Å². The van der Waals surface area contributed by atoms with Gasteiger partial charge in [0.05, 0.1) is 19.1 Å². The average Bonchev–Trinajstić information content (AvgIpc) is 2.43. The van der Waals surface area contributed by atoms with E-state index in [-0.39, 0.29) is 17.9 Å². The summed E-state index contributed by atoms with van der Waals surface area (Å²) in [5.41, 5.74) is 0. The molecule has 0 saturated carbocycles. The molecule has 0 heterocycles. The van der Waals surface area contributed by atoms with Crippen molar-refractivity contribution < 1.29 is 19.1 Å². The third kappa shape index (κ3) is 10.8. The first kappa shape index (κ1) is 18.9. The molecule has 1 unspecified atom stereocenters. The molecule has 118 valence electrons. The van der Waals surface area contributed by atoms with E-state index < -0.39 is 0 Å². The summed E-state index contributed by atoms with van der Waals surface area (Å²) in [4.78, 5) is 23.0. The highest BCUT2D eigenvalue weighted by Crippen LogP contribution is 2.12. The number of ether oxygens (including phenoxy) is 2. The molecule has 20 heavy (non-hydrogen) atoms. The summed E-state index contributed by atoms with van der Waals surface area (Å²) in [5, 5.41) is 0. The van der Waals surface area contributed by atoms with Crippen molar-refractivity contribution in [1.82, 2.24) is 0 Å². The third-order valence-electron chi connectivity index (χ3n) is 3.17. The van der Waals surface area contributed by atoms with Crippen molar-refractivity contribution >= 4 is 11.9 Å². The van der Waals surface area contributed by atoms with Crippen molar-refractivity contribution in [2.45, 2.75) is 72.1 Å². The number of hydrogen-bond donors (Lipinski definition) is 0. The predicted octanol–water partition coefficient (Wildman–Crippen LogP) is 3.87. The van der Waals surface area contributed by atoms with Crippen molar-refractivity contribution in [3.8, 4) is 0 Å². The Kier molecular flexibility index (Phi) is 12.3. The van der Waals surface area contributed by atoms with Gasteiger partial charge in [0.1, 0.15) is 0 Å². The van der Waals surface area contributed by atoms with Gasteiger partial charge in [-0.15, -0.1) is 0 Å². The summed E-state index contributed by atoms with van der Waals surface area (Å²) in [7, 11) is 0. The number of rotatable bonds is 12. The molecular formula is C16H30O4. The molecule has 0 aromatic heterocycles. The summed E-state index contributed by atoms with van der Waals surface area (Å²) in [6.07, 6.45) is 6.75. The van der Waals surface area contributed by atoms with Crippen LogP contribution in [0.15, 0.2) is 0 Å². The number of carbonyl (C=O) groups is 2. The molecule has 0 N–H and O–H groups in total. The summed E-state index contributed by atoms with van der Waals surface area (Å²) >= 11 is 0. The van der Waals surface area contributed by atoms with E-state index in [1.165, 1.54) is 0 Å². The van der Waals surface area contributed by atoms with Crippen molar-refractivity contribution in [3.05, 3.63) is 0 Å². The molecule has 0 aromatic carbocycles. The van der Waals surface area contributed by atoms with Gasteiger partial charge < -0.3 is 9.47 Å². The normalized spacial score (nSPS) is 11.9. The standard InChI is InChI=1S/C16H30O4/c1-4-6-12-19-15(17)11-9-8-10-14(3)16(18)20-13-7-5-2/h14H,4-13H2,1-3H3. The molecule has 0 aromatic rings. The Balaban J connectivity index is 3.53. The average molecular weight is 286 g/mol. The van der Waals surface area contributed by atoms with E-state index >= 15 is 0 Å². The number of carbonyl (C=O) groups excluding carboxylic acids is 2. The van der Waals surface area contributed by atoms with Crippen molar-refractivity contribution in [2.75, 3.05) is 13.2 Å². The summed E-state index contributed by atoms with van der Waals surface area (Å²) in [6.45, 7) is 7.05. The molecule has 0 spiro atoms. The van der Waals surface area contributed by atoms with E-state index in [4.69, 9.17) is 9.47 Å². The van der Waals surface area contributed by atoms with Gasteiger partial charge in [-0.25, -0.2) is 0 Å². The molecule has 0 aliphatic heterocycles. The topological polar surface area (TPSA) is 52.6 Å². The van der Waals surface area contributed by atoms with Crippen LogP contribution in [0.5, 0.6) is 0 Å². The molecule has 0 amide bonds. The molecule has 1 atom stereocenters. The minimum absolute atomic E-state index is 0.0806. The second-order valence-electron chi connectivity index (χ2n) is 5.24. The lowest BCUT2D eigenvalue weighted by Crippen LogP contribution is -2.15. The SMILES string of the molecule is CCCCOC(=O)CCCCC(C)C(=O)OCCCC. The second kappa shape index (κ2) is 12.9. The maximum Gasteiger partial charge on any atom is 0.308 e. The van der Waals surface area contributed by atoms with Crippen LogP contribution in [0.4, 0.5) is 0 Å². The third-order valence-corrected chi connectivity index (χ3v) is 3.17. The molecule has 4 heteroatoms. The number of unbranched alkanes of at least 4 members (excludes halogenated alkanes) is 3. The fourth-order valence-corrected chi connectivity index (χ4v) is 1.70. The molecular weight excluding hydrogens is 256 g/mol. The highest BCUT2D eigenvalue weighted by molar-refractivity contribution is 5.72. The van der Waals surface area contributed by atoms with Crippen molar-refractivity contribution in [3.63, 3.8) is 0 Å². The number of hydrogen-bond acceptors (Lipinski definition) is 4. The molecule has 0 aliphatic rings. The van der Waals surface area contributed by atoms with Crippen molar-refractivity contribution in [2.24, 2.45) is 5.92 Å². The first-order valence-corrected chi connectivity index (χ1v) is 7.94. The molecule has 0 bridgehead atoms. The monoisotopic (exact) mass is 286 g/mol. The van der Waals surface area contributed by atoms with Crippen LogP contribution in [0.1, 0.15) is 72.1 Å². The van der Waals surface area contributed by atoms with Gasteiger partial charge in [0, 0.05) is 6.42 Å². The Morgan fingerprint density at radius 2 is 1.50 bits per heavy atom. The van der Waals surface area contributed by atoms with Gasteiger partial charge >= 0.3 is 11.9 Å². The second-order valence-corrected chi connectivity index (χ2v) is 5.24. The van der Waals surface area contributed by atoms with Crippen LogP contribution >= 0.6 is 0 Å². The van der Waals surface area contributed by atoms with Crippen LogP contribution < -0.4 is 0 Å². The van der Waals surface area contributed by atoms with Crippen LogP contribution in [0.3, 0.4) is 0 Å². The molecule has 4 nitrogen and oxygen atoms in total. The van der Waals surface area contributed by atoms with Gasteiger partial charge in [0.2, 0.25) is 0 Å². The van der Waals surface area contributed by atoms with Gasteiger partial charge in [-0.2, -0.15) is 0 Å². The fraction of sp³-hybridized carbons (Fsp3) is 0.875.